The van der Waals surface area contributed by atoms with Gasteiger partial charge < -0.3 is 10.4 Å². The van der Waals surface area contributed by atoms with Gasteiger partial charge in [0.05, 0.1) is 0 Å². The molecule has 19 heavy (non-hydrogen) atoms. The Morgan fingerprint density at radius 2 is 2.16 bits per heavy atom. The zero-order valence-electron chi connectivity index (χ0n) is 12.2. The molecule has 0 aliphatic rings. The number of aliphatic carboxylic acids is 1. The molecule has 0 bridgehead atoms. The molecule has 0 radical (unpaired) electrons. The third kappa shape index (κ3) is 6.34. The van der Waals surface area contributed by atoms with Gasteiger partial charge in [0.1, 0.15) is 6.04 Å². The van der Waals surface area contributed by atoms with Crippen LogP contribution < -0.4 is 5.32 Å². The van der Waals surface area contributed by atoms with E-state index in [0.29, 0.717) is 13.0 Å². The first-order valence-electron chi connectivity index (χ1n) is 6.66. The van der Waals surface area contributed by atoms with Crippen LogP contribution in [0.4, 0.5) is 0 Å². The average molecular weight is 264 g/mol. The summed E-state index contributed by atoms with van der Waals surface area (Å²) in [7, 11) is 0. The van der Waals surface area contributed by atoms with Crippen molar-refractivity contribution in [2.24, 2.45) is 5.41 Å². The van der Waals surface area contributed by atoms with Gasteiger partial charge in [-0.2, -0.15) is 0 Å². The molecular formula is C15H24N2O2. The Labute approximate surface area is 115 Å². The molecule has 4 heteroatoms. The van der Waals surface area contributed by atoms with Gasteiger partial charge in [-0.25, -0.2) is 0 Å². The Hall–Kier alpha value is -1.42. The number of nitrogens with zero attached hydrogens (tertiary/aromatic N) is 1. The van der Waals surface area contributed by atoms with Gasteiger partial charge in [-0.1, -0.05) is 20.8 Å². The van der Waals surface area contributed by atoms with E-state index in [1.807, 2.05) is 19.1 Å². The summed E-state index contributed by atoms with van der Waals surface area (Å²) in [6.45, 7) is 8.86. The van der Waals surface area contributed by atoms with Gasteiger partial charge >= 0.3 is 5.97 Å². The predicted octanol–water partition coefficient (Wildman–Crippen LogP) is 2.76. The Morgan fingerprint density at radius 1 is 1.47 bits per heavy atom. The van der Waals surface area contributed by atoms with Crippen LogP contribution in [0.2, 0.25) is 0 Å². The second-order valence-electron chi connectivity index (χ2n) is 6.18. The second kappa shape index (κ2) is 6.66. The van der Waals surface area contributed by atoms with Gasteiger partial charge in [0.15, 0.2) is 0 Å². The summed E-state index contributed by atoms with van der Waals surface area (Å²) in [5, 5.41) is 12.3. The molecular weight excluding hydrogens is 240 g/mol. The number of aryl methyl sites for hydroxylation is 1. The quantitative estimate of drug-likeness (QED) is 0.829. The normalized spacial score (nSPS) is 13.3. The summed E-state index contributed by atoms with van der Waals surface area (Å²) in [6.07, 6.45) is 3.27. The average Bonchev–Trinajstić information content (AvgIpc) is 2.27. The number of hydrogen-bond donors (Lipinski definition) is 2. The molecule has 0 unspecified atom stereocenters. The van der Waals surface area contributed by atoms with Crippen LogP contribution in [0.15, 0.2) is 18.3 Å². The van der Waals surface area contributed by atoms with E-state index in [1.54, 1.807) is 6.20 Å². The largest absolute Gasteiger partial charge is 0.480 e. The monoisotopic (exact) mass is 264 g/mol. The summed E-state index contributed by atoms with van der Waals surface area (Å²) in [5.41, 5.74) is 2.16. The smallest absolute Gasteiger partial charge is 0.320 e. The summed E-state index contributed by atoms with van der Waals surface area (Å²) < 4.78 is 0. The van der Waals surface area contributed by atoms with Gasteiger partial charge in [0, 0.05) is 18.4 Å². The molecule has 2 N–H and O–H groups in total. The van der Waals surface area contributed by atoms with Crippen LogP contribution in [0.3, 0.4) is 0 Å². The van der Waals surface area contributed by atoms with Crippen LogP contribution in [-0.4, -0.2) is 22.1 Å². The van der Waals surface area contributed by atoms with E-state index in [1.165, 1.54) is 0 Å². The van der Waals surface area contributed by atoms with Crippen molar-refractivity contribution in [1.29, 1.82) is 0 Å². The van der Waals surface area contributed by atoms with E-state index < -0.39 is 12.0 Å². The molecule has 0 aromatic carbocycles. The van der Waals surface area contributed by atoms with Crippen molar-refractivity contribution in [3.05, 3.63) is 29.6 Å². The van der Waals surface area contributed by atoms with Gasteiger partial charge in [-0.05, 0) is 42.9 Å². The third-order valence-corrected chi connectivity index (χ3v) is 2.99. The first kappa shape index (κ1) is 15.6. The van der Waals surface area contributed by atoms with E-state index in [9.17, 15) is 9.90 Å². The number of carboxylic acid groups (broad SMARTS) is 1. The molecule has 1 heterocycles. The number of aromatic nitrogens is 1. The fourth-order valence-corrected chi connectivity index (χ4v) is 1.85. The lowest BCUT2D eigenvalue weighted by Crippen LogP contribution is -2.37. The van der Waals surface area contributed by atoms with Crippen molar-refractivity contribution in [2.75, 3.05) is 0 Å². The van der Waals surface area contributed by atoms with Crippen molar-refractivity contribution in [3.63, 3.8) is 0 Å². The highest BCUT2D eigenvalue weighted by Crippen LogP contribution is 2.21. The SMILES string of the molecule is Cc1cc(CN[C@@H](CCC(C)(C)C)C(=O)O)ccn1. The van der Waals surface area contributed by atoms with E-state index in [2.05, 4.69) is 31.1 Å². The van der Waals surface area contributed by atoms with Crippen LogP contribution in [0.25, 0.3) is 0 Å². The lowest BCUT2D eigenvalue weighted by molar-refractivity contribution is -0.139. The molecule has 0 spiro atoms. The molecule has 1 aromatic heterocycles. The van der Waals surface area contributed by atoms with Gasteiger partial charge in [-0.3, -0.25) is 9.78 Å². The maximum atomic E-state index is 11.2. The summed E-state index contributed by atoms with van der Waals surface area (Å²) >= 11 is 0. The standard InChI is InChI=1S/C15H24N2O2/c1-11-9-12(6-8-16-11)10-17-13(14(18)19)5-7-15(2,3)4/h6,8-9,13,17H,5,7,10H2,1-4H3,(H,18,19)/t13-/m0/s1. The number of rotatable bonds is 6. The fraction of sp³-hybridized carbons (Fsp3) is 0.600. The maximum absolute atomic E-state index is 11.2. The molecule has 1 rings (SSSR count). The Morgan fingerprint density at radius 3 is 2.68 bits per heavy atom. The topological polar surface area (TPSA) is 62.2 Å². The first-order valence-corrected chi connectivity index (χ1v) is 6.66. The van der Waals surface area contributed by atoms with Gasteiger partial charge in [0.25, 0.3) is 0 Å². The third-order valence-electron chi connectivity index (χ3n) is 2.99. The summed E-state index contributed by atoms with van der Waals surface area (Å²) in [4.78, 5) is 15.4. The van der Waals surface area contributed by atoms with Crippen LogP contribution in [0.1, 0.15) is 44.9 Å². The Bertz CT molecular complexity index is 424. The first-order chi connectivity index (χ1) is 8.78. The van der Waals surface area contributed by atoms with Crippen molar-refractivity contribution in [2.45, 2.75) is 53.1 Å². The van der Waals surface area contributed by atoms with Crippen LogP contribution in [0.5, 0.6) is 0 Å². The van der Waals surface area contributed by atoms with E-state index in [-0.39, 0.29) is 5.41 Å². The van der Waals surface area contributed by atoms with Gasteiger partial charge in [0.2, 0.25) is 0 Å². The highest BCUT2D eigenvalue weighted by molar-refractivity contribution is 5.73. The van der Waals surface area contributed by atoms with Crippen LogP contribution >= 0.6 is 0 Å². The predicted molar refractivity (Wildman–Crippen MR) is 75.9 cm³/mol. The molecule has 0 saturated carbocycles. The van der Waals surface area contributed by atoms with Crippen molar-refractivity contribution in [3.8, 4) is 0 Å². The molecule has 1 atom stereocenters. The minimum atomic E-state index is -0.782. The lowest BCUT2D eigenvalue weighted by Gasteiger charge is -2.21. The molecule has 0 saturated heterocycles. The number of nitrogens with one attached hydrogen (secondary N) is 1. The van der Waals surface area contributed by atoms with Crippen molar-refractivity contribution >= 4 is 5.97 Å². The molecule has 0 aliphatic heterocycles. The zero-order chi connectivity index (χ0) is 14.5. The minimum absolute atomic E-state index is 0.155. The second-order valence-corrected chi connectivity index (χ2v) is 6.18. The number of carboxylic acids is 1. The Balaban J connectivity index is 2.52. The fourth-order valence-electron chi connectivity index (χ4n) is 1.85. The lowest BCUT2D eigenvalue weighted by atomic mass is 9.88. The molecule has 0 amide bonds. The maximum Gasteiger partial charge on any atom is 0.320 e. The van der Waals surface area contributed by atoms with Crippen LogP contribution in [0, 0.1) is 12.3 Å². The summed E-state index contributed by atoms with van der Waals surface area (Å²) in [6, 6.07) is 3.38. The number of pyridine rings is 1. The number of carbonyl (C=O) groups is 1. The highest BCUT2D eigenvalue weighted by atomic mass is 16.4. The minimum Gasteiger partial charge on any atom is -0.480 e. The van der Waals surface area contributed by atoms with E-state index in [0.717, 1.165) is 17.7 Å². The molecule has 1 aromatic rings. The van der Waals surface area contributed by atoms with Crippen LogP contribution in [-0.2, 0) is 11.3 Å². The summed E-state index contributed by atoms with van der Waals surface area (Å²) in [5.74, 6) is -0.782. The van der Waals surface area contributed by atoms with E-state index >= 15 is 0 Å². The zero-order valence-corrected chi connectivity index (χ0v) is 12.2. The van der Waals surface area contributed by atoms with Crippen molar-refractivity contribution in [1.82, 2.24) is 10.3 Å². The van der Waals surface area contributed by atoms with Gasteiger partial charge in [-0.15, -0.1) is 0 Å². The molecule has 0 fully saturated rings. The molecule has 106 valence electrons. The van der Waals surface area contributed by atoms with E-state index in [4.69, 9.17) is 0 Å². The highest BCUT2D eigenvalue weighted by Gasteiger charge is 2.20. The van der Waals surface area contributed by atoms with Crippen molar-refractivity contribution < 1.29 is 9.90 Å². The number of hydrogen-bond acceptors (Lipinski definition) is 3. The Kier molecular flexibility index (Phi) is 5.48. The molecule has 4 nitrogen and oxygen atoms in total. The molecule has 0 aliphatic carbocycles.